The van der Waals surface area contributed by atoms with Crippen LogP contribution in [-0.2, 0) is 29.6 Å². The molecule has 2 saturated carbocycles. The second-order valence-electron chi connectivity index (χ2n) is 9.90. The predicted octanol–water partition coefficient (Wildman–Crippen LogP) is 1.31. The first-order chi connectivity index (χ1) is 16.3. The van der Waals surface area contributed by atoms with Crippen LogP contribution in [-0.4, -0.2) is 52.1 Å². The molecule has 3 unspecified atom stereocenters. The van der Waals surface area contributed by atoms with Crippen molar-refractivity contribution >= 4 is 42.5 Å². The number of rotatable bonds is 9. The molecular weight excluding hydrogens is 494 g/mol. The van der Waals surface area contributed by atoms with Crippen LogP contribution < -0.4 is 14.9 Å². The van der Waals surface area contributed by atoms with E-state index in [-0.39, 0.29) is 16.6 Å². The molecule has 0 saturated heterocycles. The average Bonchev–Trinajstić information content (AvgIpc) is 3.15. The number of hydrogen-bond acceptors (Lipinski definition) is 7. The van der Waals surface area contributed by atoms with Gasteiger partial charge in [-0.1, -0.05) is 50.2 Å². The molecule has 12 heteroatoms. The summed E-state index contributed by atoms with van der Waals surface area (Å²) in [7, 11) is -8.35. The first kappa shape index (κ1) is 25.7. The molecule has 0 heterocycles. The number of Topliss-reactive ketones (excluding diaryl/α,β-unsaturated/α-hetero) is 1. The molecule has 1 amide bonds. The Bertz CT molecular complexity index is 1380. The van der Waals surface area contributed by atoms with Crippen molar-refractivity contribution in [2.24, 2.45) is 16.7 Å². The number of fused-ring (bicyclic) bond motifs is 3. The number of benzene rings is 2. The minimum Gasteiger partial charge on any atom is -0.299 e. The standard InChI is InChI=1S/C23H29N3O7S2/c1-22(2)16-10-11-23(22,20(27)12-16)14-34(30,31)24-13-18(21(28)25-29)26-35(32,33)19-9-5-7-15-6-3-4-8-17(15)19/h3-9,16,18,24,26,29H,10-14H2,1-2H3,(H,25,28). The number of carbonyl (C=O) groups excluding carboxylic acids is 2. The smallest absolute Gasteiger partial charge is 0.262 e. The van der Waals surface area contributed by atoms with E-state index in [2.05, 4.69) is 9.44 Å². The molecule has 0 aliphatic heterocycles. The van der Waals surface area contributed by atoms with E-state index in [0.29, 0.717) is 23.6 Å². The van der Waals surface area contributed by atoms with Gasteiger partial charge in [0.2, 0.25) is 20.0 Å². The topological polar surface area (TPSA) is 159 Å². The predicted molar refractivity (Wildman–Crippen MR) is 128 cm³/mol. The highest BCUT2D eigenvalue weighted by Gasteiger charge is 2.65. The van der Waals surface area contributed by atoms with Gasteiger partial charge in [-0.15, -0.1) is 0 Å². The van der Waals surface area contributed by atoms with E-state index in [1.807, 2.05) is 13.8 Å². The highest BCUT2D eigenvalue weighted by molar-refractivity contribution is 7.90. The average molecular weight is 524 g/mol. The second-order valence-corrected chi connectivity index (χ2v) is 13.4. The van der Waals surface area contributed by atoms with Crippen LogP contribution >= 0.6 is 0 Å². The fourth-order valence-corrected chi connectivity index (χ4v) is 8.91. The van der Waals surface area contributed by atoms with Gasteiger partial charge in [-0.05, 0) is 35.6 Å². The van der Waals surface area contributed by atoms with Crippen LogP contribution in [0.4, 0.5) is 0 Å². The number of carbonyl (C=O) groups is 2. The molecule has 4 N–H and O–H groups in total. The zero-order chi connectivity index (χ0) is 25.6. The number of sulfonamides is 2. The summed E-state index contributed by atoms with van der Waals surface area (Å²) in [6, 6.07) is 9.79. The van der Waals surface area contributed by atoms with Crippen molar-refractivity contribution in [1.82, 2.24) is 14.9 Å². The van der Waals surface area contributed by atoms with E-state index >= 15 is 0 Å². The quantitative estimate of drug-likeness (QED) is 0.285. The summed E-state index contributed by atoms with van der Waals surface area (Å²) >= 11 is 0. The van der Waals surface area contributed by atoms with Gasteiger partial charge < -0.3 is 0 Å². The lowest BCUT2D eigenvalue weighted by molar-refractivity contribution is -0.130. The van der Waals surface area contributed by atoms with Crippen molar-refractivity contribution in [3.05, 3.63) is 42.5 Å². The monoisotopic (exact) mass is 523 g/mol. The van der Waals surface area contributed by atoms with Gasteiger partial charge in [0.15, 0.2) is 0 Å². The van der Waals surface area contributed by atoms with E-state index in [4.69, 9.17) is 5.21 Å². The first-order valence-electron chi connectivity index (χ1n) is 11.3. The summed E-state index contributed by atoms with van der Waals surface area (Å²) in [6.07, 6.45) is 1.59. The largest absolute Gasteiger partial charge is 0.299 e. The van der Waals surface area contributed by atoms with Crippen molar-refractivity contribution in [3.63, 3.8) is 0 Å². The summed E-state index contributed by atoms with van der Waals surface area (Å²) in [5.74, 6) is -1.52. The number of hydroxylamine groups is 1. The summed E-state index contributed by atoms with van der Waals surface area (Å²) in [5.41, 5.74) is -0.112. The summed E-state index contributed by atoms with van der Waals surface area (Å²) in [6.45, 7) is 3.17. The van der Waals surface area contributed by atoms with E-state index in [1.54, 1.807) is 36.4 Å². The molecule has 2 fully saturated rings. The van der Waals surface area contributed by atoms with Gasteiger partial charge in [0.25, 0.3) is 5.91 Å². The van der Waals surface area contributed by atoms with Crippen LogP contribution in [0.1, 0.15) is 33.1 Å². The lowest BCUT2D eigenvalue weighted by atomic mass is 9.70. The Morgan fingerprint density at radius 3 is 2.43 bits per heavy atom. The van der Waals surface area contributed by atoms with Crippen molar-refractivity contribution in [2.45, 2.75) is 44.0 Å². The molecule has 2 aliphatic rings. The Morgan fingerprint density at radius 1 is 1.11 bits per heavy atom. The molecular formula is C23H29N3O7S2. The lowest BCUT2D eigenvalue weighted by Crippen LogP contribution is -2.53. The van der Waals surface area contributed by atoms with Crippen LogP contribution in [0.3, 0.4) is 0 Å². The van der Waals surface area contributed by atoms with Crippen molar-refractivity contribution in [2.75, 3.05) is 12.3 Å². The van der Waals surface area contributed by atoms with Gasteiger partial charge in [-0.25, -0.2) is 27.0 Å². The van der Waals surface area contributed by atoms with Gasteiger partial charge >= 0.3 is 0 Å². The van der Waals surface area contributed by atoms with E-state index in [1.165, 1.54) is 11.5 Å². The normalized spacial score (nSPS) is 24.5. The third kappa shape index (κ3) is 4.49. The van der Waals surface area contributed by atoms with Crippen LogP contribution in [0, 0.1) is 16.7 Å². The minimum absolute atomic E-state index is 0.0783. The maximum Gasteiger partial charge on any atom is 0.262 e. The van der Waals surface area contributed by atoms with Gasteiger partial charge in [0, 0.05) is 23.8 Å². The van der Waals surface area contributed by atoms with Gasteiger partial charge in [0.05, 0.1) is 10.6 Å². The van der Waals surface area contributed by atoms with E-state index in [0.717, 1.165) is 6.42 Å². The minimum atomic E-state index is -4.28. The number of amides is 1. The van der Waals surface area contributed by atoms with Crippen LogP contribution in [0.15, 0.2) is 47.4 Å². The summed E-state index contributed by atoms with van der Waals surface area (Å²) in [4.78, 5) is 24.9. The Kier molecular flexibility index (Phi) is 6.56. The maximum atomic E-state index is 13.1. The first-order valence-corrected chi connectivity index (χ1v) is 14.4. The third-order valence-corrected chi connectivity index (χ3v) is 10.9. The number of ketones is 1. The van der Waals surface area contributed by atoms with E-state index in [9.17, 15) is 26.4 Å². The van der Waals surface area contributed by atoms with Gasteiger partial charge in [-0.3, -0.25) is 14.8 Å². The molecule has 0 aromatic heterocycles. The molecule has 10 nitrogen and oxygen atoms in total. The molecule has 0 radical (unpaired) electrons. The second kappa shape index (κ2) is 8.93. The molecule has 35 heavy (non-hydrogen) atoms. The lowest BCUT2D eigenvalue weighted by Gasteiger charge is -2.36. The highest BCUT2D eigenvalue weighted by Crippen LogP contribution is 2.64. The molecule has 2 aliphatic carbocycles. The molecule has 3 atom stereocenters. The summed E-state index contributed by atoms with van der Waals surface area (Å²) in [5, 5.41) is 10.2. The Balaban J connectivity index is 1.54. The molecule has 2 aromatic carbocycles. The van der Waals surface area contributed by atoms with Crippen molar-refractivity contribution in [1.29, 1.82) is 0 Å². The Hall–Kier alpha value is -2.38. The maximum absolute atomic E-state index is 13.1. The SMILES string of the molecule is CC1(C)C2CCC1(CS(=O)(=O)NCC(NS(=O)(=O)c1cccc3ccccc13)C(=O)NO)C(=O)C2. The number of nitrogens with one attached hydrogen (secondary N) is 3. The molecule has 2 bridgehead atoms. The number of hydrogen-bond donors (Lipinski definition) is 4. The molecule has 4 rings (SSSR count). The van der Waals surface area contributed by atoms with Gasteiger partial charge in [0.1, 0.15) is 11.8 Å². The molecule has 190 valence electrons. The summed E-state index contributed by atoms with van der Waals surface area (Å²) < 4.78 is 56.7. The van der Waals surface area contributed by atoms with Crippen LogP contribution in [0.2, 0.25) is 0 Å². The van der Waals surface area contributed by atoms with Crippen molar-refractivity contribution < 1.29 is 31.6 Å². The van der Waals surface area contributed by atoms with Gasteiger partial charge in [-0.2, -0.15) is 4.72 Å². The van der Waals surface area contributed by atoms with Crippen molar-refractivity contribution in [3.8, 4) is 0 Å². The third-order valence-electron chi connectivity index (χ3n) is 7.85. The fourth-order valence-electron chi connectivity index (χ4n) is 5.64. The zero-order valence-corrected chi connectivity index (χ0v) is 21.1. The Morgan fingerprint density at radius 2 is 1.80 bits per heavy atom. The molecule has 0 spiro atoms. The fraction of sp³-hybridized carbons (Fsp3) is 0.478. The zero-order valence-electron chi connectivity index (χ0n) is 19.4. The molecule has 2 aromatic rings. The van der Waals surface area contributed by atoms with Crippen LogP contribution in [0.5, 0.6) is 0 Å². The highest BCUT2D eigenvalue weighted by atomic mass is 32.2. The van der Waals surface area contributed by atoms with Crippen LogP contribution in [0.25, 0.3) is 10.8 Å². The van der Waals surface area contributed by atoms with E-state index < -0.39 is 55.1 Å². The Labute approximate surface area is 204 Å².